The summed E-state index contributed by atoms with van der Waals surface area (Å²) < 4.78 is 0.614. The normalized spacial score (nSPS) is 26.8. The number of halogens is 1. The molecule has 2 N–H and O–H groups in total. The van der Waals surface area contributed by atoms with Gasteiger partial charge in [0, 0.05) is 6.04 Å². The number of carbonyl (C=O) groups is 1. The Morgan fingerprint density at radius 2 is 2.11 bits per heavy atom. The first kappa shape index (κ1) is 12.8. The largest absolute Gasteiger partial charge is 0.393 e. The molecule has 1 saturated carbocycles. The predicted molar refractivity (Wildman–Crippen MR) is 74.0 cm³/mol. The van der Waals surface area contributed by atoms with Gasteiger partial charge in [0.2, 0.25) is 5.91 Å². The summed E-state index contributed by atoms with van der Waals surface area (Å²) in [6.07, 6.45) is 4.46. The number of hydrogen-bond donors (Lipinski definition) is 2. The molecule has 2 aliphatic rings. The zero-order chi connectivity index (χ0) is 13.4. The Labute approximate surface area is 119 Å². The standard InChI is InChI=1S/C12H15BrN4O2/c13-9-5-14-11-12(16-9)17(10(19)6-15-11)7-1-3-8(18)4-2-7/h5,7-8,18H,1-4,6H2,(H,14,15). The van der Waals surface area contributed by atoms with Crippen molar-refractivity contribution in [2.45, 2.75) is 37.8 Å². The summed E-state index contributed by atoms with van der Waals surface area (Å²) in [6.45, 7) is 0.252. The van der Waals surface area contributed by atoms with Crippen LogP contribution in [0.3, 0.4) is 0 Å². The van der Waals surface area contributed by atoms with Gasteiger partial charge in [-0.25, -0.2) is 9.97 Å². The van der Waals surface area contributed by atoms with Gasteiger partial charge in [0.25, 0.3) is 0 Å². The minimum absolute atomic E-state index is 0.0151. The second-order valence-electron chi connectivity index (χ2n) is 4.94. The average molecular weight is 327 g/mol. The first-order valence-electron chi connectivity index (χ1n) is 6.41. The van der Waals surface area contributed by atoms with Gasteiger partial charge in [-0.05, 0) is 41.6 Å². The van der Waals surface area contributed by atoms with Crippen molar-refractivity contribution in [2.75, 3.05) is 16.8 Å². The summed E-state index contributed by atoms with van der Waals surface area (Å²) in [5.41, 5.74) is 0. The van der Waals surface area contributed by atoms with E-state index < -0.39 is 0 Å². The van der Waals surface area contributed by atoms with Crippen molar-refractivity contribution in [1.82, 2.24) is 9.97 Å². The number of amides is 1. The van der Waals surface area contributed by atoms with E-state index in [0.717, 1.165) is 25.7 Å². The molecule has 1 amide bonds. The van der Waals surface area contributed by atoms with Gasteiger partial charge in [0.15, 0.2) is 11.6 Å². The lowest BCUT2D eigenvalue weighted by molar-refractivity contribution is -0.118. The highest BCUT2D eigenvalue weighted by molar-refractivity contribution is 9.10. The molecule has 0 aromatic carbocycles. The van der Waals surface area contributed by atoms with Crippen molar-refractivity contribution in [3.8, 4) is 0 Å². The molecule has 1 aliphatic heterocycles. The molecule has 1 aromatic heterocycles. The number of nitrogens with one attached hydrogen (secondary N) is 1. The predicted octanol–water partition coefficient (Wildman–Crippen LogP) is 1.30. The van der Waals surface area contributed by atoms with E-state index in [1.54, 1.807) is 11.1 Å². The molecular weight excluding hydrogens is 312 g/mol. The van der Waals surface area contributed by atoms with Crippen LogP contribution in [0.25, 0.3) is 0 Å². The molecule has 2 heterocycles. The Hall–Kier alpha value is -1.21. The minimum Gasteiger partial charge on any atom is -0.393 e. The second-order valence-corrected chi connectivity index (χ2v) is 5.76. The van der Waals surface area contributed by atoms with Gasteiger partial charge in [-0.15, -0.1) is 0 Å². The molecule has 0 atom stereocenters. The van der Waals surface area contributed by atoms with Crippen molar-refractivity contribution in [3.05, 3.63) is 10.8 Å². The Bertz CT molecular complexity index is 503. The SMILES string of the molecule is O=C1CNc2ncc(Br)nc2N1C1CCC(O)CC1. The van der Waals surface area contributed by atoms with Crippen LogP contribution in [-0.4, -0.2) is 39.7 Å². The molecule has 1 fully saturated rings. The Kier molecular flexibility index (Phi) is 3.40. The lowest BCUT2D eigenvalue weighted by Gasteiger charge is -2.37. The van der Waals surface area contributed by atoms with E-state index in [9.17, 15) is 9.90 Å². The molecule has 6 nitrogen and oxygen atoms in total. The van der Waals surface area contributed by atoms with Gasteiger partial charge in [0.1, 0.15) is 4.60 Å². The first-order chi connectivity index (χ1) is 9.15. The fourth-order valence-corrected chi connectivity index (χ4v) is 2.98. The first-order valence-corrected chi connectivity index (χ1v) is 7.21. The van der Waals surface area contributed by atoms with Crippen LogP contribution in [0.5, 0.6) is 0 Å². The van der Waals surface area contributed by atoms with Gasteiger partial charge in [0.05, 0.1) is 18.8 Å². The lowest BCUT2D eigenvalue weighted by atomic mass is 9.91. The number of rotatable bonds is 1. The maximum absolute atomic E-state index is 12.2. The van der Waals surface area contributed by atoms with Crippen LogP contribution in [0.15, 0.2) is 10.8 Å². The van der Waals surface area contributed by atoms with E-state index in [1.807, 2.05) is 0 Å². The molecule has 0 radical (unpaired) electrons. The molecule has 3 rings (SSSR count). The summed E-state index contributed by atoms with van der Waals surface area (Å²) in [6, 6.07) is 0.111. The van der Waals surface area contributed by atoms with Crippen molar-refractivity contribution >= 4 is 33.5 Å². The maximum Gasteiger partial charge on any atom is 0.247 e. The van der Waals surface area contributed by atoms with E-state index in [4.69, 9.17) is 0 Å². The second kappa shape index (κ2) is 5.05. The fraction of sp³-hybridized carbons (Fsp3) is 0.583. The smallest absolute Gasteiger partial charge is 0.247 e. The number of aliphatic hydroxyl groups excluding tert-OH is 1. The average Bonchev–Trinajstić information content (AvgIpc) is 2.40. The Balaban J connectivity index is 1.92. The number of aromatic nitrogens is 2. The quantitative estimate of drug-likeness (QED) is 0.813. The number of carbonyl (C=O) groups excluding carboxylic acids is 1. The highest BCUT2D eigenvalue weighted by Crippen LogP contribution is 2.33. The third-order valence-corrected chi connectivity index (χ3v) is 4.04. The number of aliphatic hydroxyl groups is 1. The van der Waals surface area contributed by atoms with Crippen LogP contribution in [0.1, 0.15) is 25.7 Å². The highest BCUT2D eigenvalue weighted by Gasteiger charge is 2.34. The van der Waals surface area contributed by atoms with Gasteiger partial charge in [-0.3, -0.25) is 9.69 Å². The lowest BCUT2D eigenvalue weighted by Crippen LogP contribution is -2.49. The summed E-state index contributed by atoms with van der Waals surface area (Å²) in [4.78, 5) is 22.5. The Morgan fingerprint density at radius 3 is 2.84 bits per heavy atom. The van der Waals surface area contributed by atoms with Crippen LogP contribution in [0.4, 0.5) is 11.6 Å². The molecule has 19 heavy (non-hydrogen) atoms. The molecule has 7 heteroatoms. The minimum atomic E-state index is -0.234. The van der Waals surface area contributed by atoms with Crippen molar-refractivity contribution in [3.63, 3.8) is 0 Å². The van der Waals surface area contributed by atoms with Crippen molar-refractivity contribution in [2.24, 2.45) is 0 Å². The van der Waals surface area contributed by atoms with Gasteiger partial charge >= 0.3 is 0 Å². The maximum atomic E-state index is 12.2. The van der Waals surface area contributed by atoms with Crippen LogP contribution in [-0.2, 0) is 4.79 Å². The molecule has 1 aliphatic carbocycles. The number of fused-ring (bicyclic) bond motifs is 1. The van der Waals surface area contributed by atoms with Crippen LogP contribution in [0.2, 0.25) is 0 Å². The van der Waals surface area contributed by atoms with E-state index in [-0.39, 0.29) is 24.6 Å². The molecule has 0 spiro atoms. The van der Waals surface area contributed by atoms with Gasteiger partial charge < -0.3 is 10.4 Å². The summed E-state index contributed by atoms with van der Waals surface area (Å²) >= 11 is 3.29. The van der Waals surface area contributed by atoms with Crippen LogP contribution < -0.4 is 10.2 Å². The number of hydrogen-bond acceptors (Lipinski definition) is 5. The van der Waals surface area contributed by atoms with Crippen LogP contribution >= 0.6 is 15.9 Å². The number of nitrogens with zero attached hydrogens (tertiary/aromatic N) is 3. The monoisotopic (exact) mass is 326 g/mol. The van der Waals surface area contributed by atoms with E-state index in [0.29, 0.717) is 16.2 Å². The third-order valence-electron chi connectivity index (χ3n) is 3.66. The highest BCUT2D eigenvalue weighted by atomic mass is 79.9. The number of anilines is 2. The zero-order valence-corrected chi connectivity index (χ0v) is 11.9. The summed E-state index contributed by atoms with van der Waals surface area (Å²) in [5.74, 6) is 1.25. The van der Waals surface area contributed by atoms with Crippen LogP contribution in [0, 0.1) is 0 Å². The molecule has 0 unspecified atom stereocenters. The van der Waals surface area contributed by atoms with Crippen molar-refractivity contribution in [1.29, 1.82) is 0 Å². The van der Waals surface area contributed by atoms with Gasteiger partial charge in [-0.1, -0.05) is 0 Å². The molecular formula is C12H15BrN4O2. The van der Waals surface area contributed by atoms with E-state index in [2.05, 4.69) is 31.2 Å². The van der Waals surface area contributed by atoms with Gasteiger partial charge in [-0.2, -0.15) is 0 Å². The summed E-state index contributed by atoms with van der Waals surface area (Å²) in [7, 11) is 0. The zero-order valence-electron chi connectivity index (χ0n) is 10.3. The van der Waals surface area contributed by atoms with E-state index in [1.165, 1.54) is 0 Å². The molecule has 0 bridgehead atoms. The third kappa shape index (κ3) is 2.44. The fourth-order valence-electron chi connectivity index (χ4n) is 2.71. The molecule has 0 saturated heterocycles. The topological polar surface area (TPSA) is 78.4 Å². The summed E-state index contributed by atoms with van der Waals surface area (Å²) in [5, 5.41) is 12.6. The van der Waals surface area contributed by atoms with E-state index >= 15 is 0 Å². The Morgan fingerprint density at radius 1 is 1.37 bits per heavy atom. The molecule has 102 valence electrons. The van der Waals surface area contributed by atoms with Crippen molar-refractivity contribution < 1.29 is 9.90 Å². The molecule has 1 aromatic rings.